The minimum absolute atomic E-state index is 0.107. The molecule has 0 aromatic heterocycles. The van der Waals surface area contributed by atoms with E-state index in [2.05, 4.69) is 32.8 Å². The number of benzene rings is 2. The first-order valence-electron chi connectivity index (χ1n) is 11.4. The van der Waals surface area contributed by atoms with Crippen molar-refractivity contribution in [3.8, 4) is 5.75 Å². The number of aliphatic imine (C=N–C) groups is 1. The second-order valence-electron chi connectivity index (χ2n) is 8.61. The van der Waals surface area contributed by atoms with Gasteiger partial charge in [-0.05, 0) is 36.6 Å². The molecule has 1 saturated heterocycles. The highest BCUT2D eigenvalue weighted by atomic mass is 32.2. The van der Waals surface area contributed by atoms with E-state index in [-0.39, 0.29) is 29.3 Å². The van der Waals surface area contributed by atoms with Crippen LogP contribution in [0.4, 0.5) is 10.1 Å². The summed E-state index contributed by atoms with van der Waals surface area (Å²) in [4.78, 5) is 22.7. The standard InChI is InChI=1S/C25H28FN5O2S/c1-16-23(29-25-31(16)18(15-34-25)14-30-11-9-27-10-12-30)19-5-3-4-6-21(19)28-24(32)17-7-8-22(33-2)20(26)13-17/h3-8,13,15-16,23,27H,9-12,14H2,1-2H3,(H,28,32). The van der Waals surface area contributed by atoms with Crippen LogP contribution in [0.15, 0.2) is 58.6 Å². The minimum atomic E-state index is -0.569. The molecular weight excluding hydrogens is 453 g/mol. The lowest BCUT2D eigenvalue weighted by Gasteiger charge is -2.32. The molecule has 178 valence electrons. The Morgan fingerprint density at radius 3 is 2.82 bits per heavy atom. The molecule has 2 aromatic rings. The number of nitrogens with zero attached hydrogens (tertiary/aromatic N) is 3. The van der Waals surface area contributed by atoms with E-state index in [0.29, 0.717) is 5.69 Å². The third-order valence-corrected chi connectivity index (χ3v) is 7.37. The van der Waals surface area contributed by atoms with E-state index in [9.17, 15) is 9.18 Å². The van der Waals surface area contributed by atoms with Crippen molar-refractivity contribution in [1.29, 1.82) is 0 Å². The highest BCUT2D eigenvalue weighted by Gasteiger charge is 2.40. The molecule has 2 unspecified atom stereocenters. The van der Waals surface area contributed by atoms with E-state index in [0.717, 1.165) is 43.5 Å². The SMILES string of the molecule is COc1ccc(C(=O)Nc2ccccc2C2N=C3SC=C(CN4CCNCC4)N3C2C)cc1F. The molecule has 7 nitrogen and oxygen atoms in total. The van der Waals surface area contributed by atoms with Crippen molar-refractivity contribution in [2.75, 3.05) is 45.2 Å². The van der Waals surface area contributed by atoms with Gasteiger partial charge in [-0.2, -0.15) is 0 Å². The number of carbonyl (C=O) groups is 1. The van der Waals surface area contributed by atoms with Gasteiger partial charge in [0.25, 0.3) is 5.91 Å². The van der Waals surface area contributed by atoms with Gasteiger partial charge in [-0.3, -0.25) is 14.7 Å². The van der Waals surface area contributed by atoms with Gasteiger partial charge in [0.05, 0.1) is 13.2 Å². The van der Waals surface area contributed by atoms with Gasteiger partial charge < -0.3 is 20.3 Å². The van der Waals surface area contributed by atoms with Gasteiger partial charge in [0.15, 0.2) is 16.7 Å². The molecule has 1 fully saturated rings. The summed E-state index contributed by atoms with van der Waals surface area (Å²) < 4.78 is 19.1. The first-order valence-corrected chi connectivity index (χ1v) is 12.3. The first-order chi connectivity index (χ1) is 16.5. The number of hydrogen-bond acceptors (Lipinski definition) is 7. The van der Waals surface area contributed by atoms with Crippen molar-refractivity contribution in [2.45, 2.75) is 19.0 Å². The van der Waals surface area contributed by atoms with E-state index in [4.69, 9.17) is 9.73 Å². The van der Waals surface area contributed by atoms with Crippen LogP contribution in [0.2, 0.25) is 0 Å². The molecule has 2 atom stereocenters. The van der Waals surface area contributed by atoms with E-state index in [1.54, 1.807) is 17.8 Å². The van der Waals surface area contributed by atoms with Gasteiger partial charge in [0.1, 0.15) is 6.04 Å². The molecule has 1 amide bonds. The van der Waals surface area contributed by atoms with Crippen LogP contribution in [0.3, 0.4) is 0 Å². The van der Waals surface area contributed by atoms with Crippen LogP contribution in [0.5, 0.6) is 5.75 Å². The lowest BCUT2D eigenvalue weighted by molar-refractivity contribution is 0.102. The molecule has 3 heterocycles. The number of anilines is 1. The Labute approximate surface area is 203 Å². The van der Waals surface area contributed by atoms with E-state index >= 15 is 0 Å². The highest BCUT2D eigenvalue weighted by Crippen LogP contribution is 2.43. The molecule has 5 rings (SSSR count). The maximum atomic E-state index is 14.1. The van der Waals surface area contributed by atoms with Crippen molar-refractivity contribution in [1.82, 2.24) is 15.1 Å². The number of thioether (sulfide) groups is 1. The molecule has 3 aliphatic heterocycles. The largest absolute Gasteiger partial charge is 0.494 e. The monoisotopic (exact) mass is 481 g/mol. The summed E-state index contributed by atoms with van der Waals surface area (Å²) in [6.07, 6.45) is 0. The number of amides is 1. The number of nitrogens with one attached hydrogen (secondary N) is 2. The number of fused-ring (bicyclic) bond motifs is 1. The predicted molar refractivity (Wildman–Crippen MR) is 134 cm³/mol. The van der Waals surface area contributed by atoms with Crippen molar-refractivity contribution >= 4 is 28.5 Å². The summed E-state index contributed by atoms with van der Waals surface area (Å²) >= 11 is 1.66. The molecule has 0 saturated carbocycles. The van der Waals surface area contributed by atoms with Crippen molar-refractivity contribution in [3.63, 3.8) is 0 Å². The number of para-hydroxylation sites is 1. The minimum Gasteiger partial charge on any atom is -0.494 e. The number of amidine groups is 1. The summed E-state index contributed by atoms with van der Waals surface area (Å²) in [6, 6.07) is 11.9. The van der Waals surface area contributed by atoms with Gasteiger partial charge in [-0.1, -0.05) is 30.0 Å². The van der Waals surface area contributed by atoms with Crippen LogP contribution < -0.4 is 15.4 Å². The summed E-state index contributed by atoms with van der Waals surface area (Å²) in [6.45, 7) is 7.21. The van der Waals surface area contributed by atoms with Crippen LogP contribution in [-0.2, 0) is 0 Å². The normalized spacial score (nSPS) is 22.3. The average Bonchev–Trinajstić information content (AvgIpc) is 3.40. The fraction of sp³-hybridized carbons (Fsp3) is 0.360. The summed E-state index contributed by atoms with van der Waals surface area (Å²) in [5, 5.41) is 9.57. The number of halogens is 1. The summed E-state index contributed by atoms with van der Waals surface area (Å²) in [5.74, 6) is -0.836. The first kappa shape index (κ1) is 22.9. The van der Waals surface area contributed by atoms with Gasteiger partial charge in [-0.25, -0.2) is 4.39 Å². The van der Waals surface area contributed by atoms with Gasteiger partial charge in [0.2, 0.25) is 0 Å². The highest BCUT2D eigenvalue weighted by molar-refractivity contribution is 8.16. The zero-order valence-electron chi connectivity index (χ0n) is 19.3. The number of rotatable bonds is 6. The van der Waals surface area contributed by atoms with Crippen molar-refractivity contribution in [2.24, 2.45) is 4.99 Å². The van der Waals surface area contributed by atoms with E-state index in [1.807, 2.05) is 24.3 Å². The Balaban J connectivity index is 1.33. The van der Waals surface area contributed by atoms with Crippen molar-refractivity contribution < 1.29 is 13.9 Å². The molecular formula is C25H28FN5O2S. The summed E-state index contributed by atoms with van der Waals surface area (Å²) in [5.41, 5.74) is 3.14. The average molecular weight is 482 g/mol. The molecule has 0 aliphatic carbocycles. The van der Waals surface area contributed by atoms with Crippen LogP contribution in [0.25, 0.3) is 0 Å². The van der Waals surface area contributed by atoms with Gasteiger partial charge >= 0.3 is 0 Å². The number of hydrogen-bond donors (Lipinski definition) is 2. The molecule has 2 N–H and O–H groups in total. The quantitative estimate of drug-likeness (QED) is 0.656. The van der Waals surface area contributed by atoms with Crippen LogP contribution in [0, 0.1) is 5.82 Å². The predicted octanol–water partition coefficient (Wildman–Crippen LogP) is 3.68. The van der Waals surface area contributed by atoms with E-state index in [1.165, 1.54) is 24.9 Å². The maximum absolute atomic E-state index is 14.1. The Bertz CT molecular complexity index is 1150. The number of carbonyl (C=O) groups excluding carboxylic acids is 1. The number of piperazine rings is 1. The van der Waals surface area contributed by atoms with Gasteiger partial charge in [-0.15, -0.1) is 0 Å². The second-order valence-corrected chi connectivity index (χ2v) is 9.45. The Kier molecular flexibility index (Phi) is 6.58. The fourth-order valence-corrected chi connectivity index (χ4v) is 5.67. The molecule has 0 bridgehead atoms. The smallest absolute Gasteiger partial charge is 0.255 e. The van der Waals surface area contributed by atoms with Crippen LogP contribution in [0.1, 0.15) is 28.9 Å². The van der Waals surface area contributed by atoms with Gasteiger partial charge in [0, 0.05) is 55.2 Å². The molecule has 9 heteroatoms. The molecule has 2 aromatic carbocycles. The van der Waals surface area contributed by atoms with E-state index < -0.39 is 5.82 Å². The number of ether oxygens (including phenoxy) is 1. The third kappa shape index (κ3) is 4.43. The Morgan fingerprint density at radius 1 is 1.26 bits per heavy atom. The molecule has 3 aliphatic rings. The zero-order valence-corrected chi connectivity index (χ0v) is 20.1. The zero-order chi connectivity index (χ0) is 23.7. The Hall–Kier alpha value is -2.88. The molecule has 34 heavy (non-hydrogen) atoms. The molecule has 0 spiro atoms. The summed E-state index contributed by atoms with van der Waals surface area (Å²) in [7, 11) is 1.40. The van der Waals surface area contributed by atoms with Crippen LogP contribution in [-0.4, -0.2) is 66.8 Å². The van der Waals surface area contributed by atoms with Crippen LogP contribution >= 0.6 is 11.8 Å². The Morgan fingerprint density at radius 2 is 2.06 bits per heavy atom. The lowest BCUT2D eigenvalue weighted by Crippen LogP contribution is -2.46. The maximum Gasteiger partial charge on any atom is 0.255 e. The van der Waals surface area contributed by atoms with Crippen molar-refractivity contribution in [3.05, 3.63) is 70.5 Å². The third-order valence-electron chi connectivity index (χ3n) is 6.47. The lowest BCUT2D eigenvalue weighted by atomic mass is 9.98. The number of methoxy groups -OCH3 is 1. The second kappa shape index (κ2) is 9.77. The fourth-order valence-electron chi connectivity index (χ4n) is 4.67. The topological polar surface area (TPSA) is 69.2 Å². The molecule has 0 radical (unpaired) electrons.